The van der Waals surface area contributed by atoms with Crippen LogP contribution < -0.4 is 10.6 Å². The number of H-pyrrole nitrogens is 1. The normalized spacial score (nSPS) is 22.8. The average molecular weight is 257 g/mol. The molecule has 2 aliphatic rings. The third kappa shape index (κ3) is 1.43. The van der Waals surface area contributed by atoms with Crippen LogP contribution in [0.15, 0.2) is 4.63 Å². The highest BCUT2D eigenvalue weighted by Crippen LogP contribution is 2.41. The van der Waals surface area contributed by atoms with Crippen LogP contribution in [0.1, 0.15) is 21.7 Å². The molecule has 0 amide bonds. The molecule has 2 unspecified atom stereocenters. The number of nitrogens with one attached hydrogen (secondary N) is 1. The Hall–Kier alpha value is -2.24. The van der Waals surface area contributed by atoms with E-state index in [1.54, 1.807) is 0 Å². The second-order valence-corrected chi connectivity index (χ2v) is 4.66. The van der Waals surface area contributed by atoms with Gasteiger partial charge in [-0.15, -0.1) is 0 Å². The van der Waals surface area contributed by atoms with Crippen molar-refractivity contribution in [2.24, 2.45) is 11.8 Å². The van der Waals surface area contributed by atoms with Gasteiger partial charge in [0.15, 0.2) is 5.65 Å². The number of fused-ring (bicyclic) bond motifs is 5. The van der Waals surface area contributed by atoms with Crippen molar-refractivity contribution in [2.75, 3.05) is 0 Å². The first-order chi connectivity index (χ1) is 9.38. The van der Waals surface area contributed by atoms with Crippen LogP contribution in [0, 0.1) is 11.8 Å². The molecule has 5 rings (SSSR count). The first kappa shape index (κ1) is 10.7. The van der Waals surface area contributed by atoms with Gasteiger partial charge in [0, 0.05) is 6.65 Å². The molecule has 3 aromatic rings. The molecule has 3 aromatic heterocycles. The van der Waals surface area contributed by atoms with Crippen molar-refractivity contribution in [3.63, 3.8) is 0 Å². The highest BCUT2D eigenvalue weighted by molar-refractivity contribution is 5.81. The molecule has 6 nitrogen and oxygen atoms in total. The van der Waals surface area contributed by atoms with Gasteiger partial charge in [0.2, 0.25) is 11.3 Å². The van der Waals surface area contributed by atoms with Crippen molar-refractivity contribution in [1.82, 2.24) is 25.3 Å². The summed E-state index contributed by atoms with van der Waals surface area (Å²) in [5, 5.41) is 8.48. The maximum atomic E-state index is 4.73. The van der Waals surface area contributed by atoms with Gasteiger partial charge in [-0.05, 0) is 23.4 Å². The summed E-state index contributed by atoms with van der Waals surface area (Å²) in [6.07, 6.45) is 5.74. The summed E-state index contributed by atoms with van der Waals surface area (Å²) in [5.74, 6) is 1.36. The van der Waals surface area contributed by atoms with Crippen LogP contribution in [0.5, 0.6) is 0 Å². The van der Waals surface area contributed by atoms with E-state index in [0.29, 0.717) is 28.8 Å². The third-order valence-electron chi connectivity index (χ3n) is 3.53. The molecule has 19 heavy (non-hydrogen) atoms. The SMILES string of the molecule is C1=c2nc3nc4[nH]onc4nc3c2=CC2CC12.CC.[HH]. The molecule has 0 aliphatic heterocycles. The molecule has 0 bridgehead atoms. The van der Waals surface area contributed by atoms with Crippen molar-refractivity contribution < 1.29 is 6.06 Å². The van der Waals surface area contributed by atoms with Crippen LogP contribution in [0.2, 0.25) is 0 Å². The van der Waals surface area contributed by atoms with E-state index >= 15 is 0 Å². The molecule has 0 radical (unpaired) electrons. The number of rotatable bonds is 0. The molecule has 98 valence electrons. The fraction of sp³-hybridized carbons (Fsp3) is 0.385. The zero-order valence-corrected chi connectivity index (χ0v) is 10.7. The molecule has 1 fully saturated rings. The lowest BCUT2D eigenvalue weighted by molar-refractivity contribution is 0.314. The quantitative estimate of drug-likeness (QED) is 0.649. The Kier molecular flexibility index (Phi) is 2.04. The summed E-state index contributed by atoms with van der Waals surface area (Å²) >= 11 is 0. The minimum absolute atomic E-state index is 0. The monoisotopic (exact) mass is 257 g/mol. The summed E-state index contributed by atoms with van der Waals surface area (Å²) in [6, 6.07) is 0. The number of nitrogens with zero attached hydrogens (tertiary/aromatic N) is 4. The van der Waals surface area contributed by atoms with Crippen molar-refractivity contribution in [1.29, 1.82) is 0 Å². The zero-order valence-electron chi connectivity index (χ0n) is 10.7. The van der Waals surface area contributed by atoms with Gasteiger partial charge in [-0.1, -0.05) is 26.0 Å². The van der Waals surface area contributed by atoms with Crippen LogP contribution in [-0.4, -0.2) is 25.3 Å². The van der Waals surface area contributed by atoms with Crippen LogP contribution in [0.25, 0.3) is 34.6 Å². The molecule has 1 N–H and O–H groups in total. The van der Waals surface area contributed by atoms with Gasteiger partial charge in [-0.25, -0.2) is 15.0 Å². The lowest BCUT2D eigenvalue weighted by atomic mass is 10.2. The standard InChI is InChI=1S/C11H7N5O.C2H6.H2/c1-4-2-6-7(3-5(1)4)12-9-8(6)13-10-11(14-9)16-17-15-10;1-2;/h2-5H,1H2,(H,12,14,16);1-2H3;1H. The number of hydrogen-bond donors (Lipinski definition) is 1. The molecule has 0 saturated heterocycles. The number of hydrogen-bond acceptors (Lipinski definition) is 5. The largest absolute Gasteiger partial charge is 0.267 e. The summed E-state index contributed by atoms with van der Waals surface area (Å²) in [5.41, 5.74) is 2.53. The van der Waals surface area contributed by atoms with Gasteiger partial charge in [-0.3, -0.25) is 4.63 Å². The first-order valence-corrected chi connectivity index (χ1v) is 6.60. The highest BCUT2D eigenvalue weighted by atomic mass is 16.6. The smallest absolute Gasteiger partial charge is 0.241 e. The second kappa shape index (κ2) is 3.63. The maximum absolute atomic E-state index is 4.73. The van der Waals surface area contributed by atoms with Crippen molar-refractivity contribution >= 4 is 34.6 Å². The fourth-order valence-corrected chi connectivity index (χ4v) is 2.54. The van der Waals surface area contributed by atoms with E-state index in [4.69, 9.17) is 4.63 Å². The summed E-state index contributed by atoms with van der Waals surface area (Å²) in [7, 11) is 0. The van der Waals surface area contributed by atoms with E-state index in [-0.39, 0.29) is 1.43 Å². The molecule has 2 atom stereocenters. The summed E-state index contributed by atoms with van der Waals surface area (Å²) in [6.45, 7) is 4.00. The molecule has 3 heterocycles. The van der Waals surface area contributed by atoms with Gasteiger partial charge >= 0.3 is 0 Å². The predicted molar refractivity (Wildman–Crippen MR) is 72.5 cm³/mol. The van der Waals surface area contributed by atoms with Gasteiger partial charge in [-0.2, -0.15) is 5.16 Å². The first-order valence-electron chi connectivity index (χ1n) is 6.60. The lowest BCUT2D eigenvalue weighted by Crippen LogP contribution is -2.25. The zero-order chi connectivity index (χ0) is 13.0. The third-order valence-corrected chi connectivity index (χ3v) is 3.53. The number of aromatic amines is 1. The molecule has 0 aromatic carbocycles. The van der Waals surface area contributed by atoms with Gasteiger partial charge in [0.05, 0.1) is 5.35 Å². The topological polar surface area (TPSA) is 80.5 Å². The molecule has 2 aliphatic carbocycles. The van der Waals surface area contributed by atoms with E-state index in [2.05, 4.69) is 37.4 Å². The molecular formula is C13H15N5O. The van der Waals surface area contributed by atoms with E-state index in [9.17, 15) is 0 Å². The Bertz CT molecular complexity index is 897. The second-order valence-electron chi connectivity index (χ2n) is 4.66. The van der Waals surface area contributed by atoms with Crippen LogP contribution in [0.4, 0.5) is 0 Å². The van der Waals surface area contributed by atoms with Gasteiger partial charge in [0.25, 0.3) is 0 Å². The molecule has 1 saturated carbocycles. The minimum Gasteiger partial charge on any atom is -0.267 e. The minimum atomic E-state index is 0. The molecule has 0 spiro atoms. The highest BCUT2D eigenvalue weighted by Gasteiger charge is 2.35. The fourth-order valence-electron chi connectivity index (χ4n) is 2.54. The summed E-state index contributed by atoms with van der Waals surface area (Å²) < 4.78 is 4.73. The Morgan fingerprint density at radius 2 is 2.00 bits per heavy atom. The van der Waals surface area contributed by atoms with Crippen molar-refractivity contribution in [3.05, 3.63) is 10.6 Å². The average Bonchev–Trinajstić information content (AvgIpc) is 2.90. The van der Waals surface area contributed by atoms with E-state index in [1.807, 2.05) is 13.8 Å². The van der Waals surface area contributed by atoms with E-state index in [1.165, 1.54) is 6.42 Å². The lowest BCUT2D eigenvalue weighted by Gasteiger charge is -1.91. The van der Waals surface area contributed by atoms with Crippen molar-refractivity contribution in [2.45, 2.75) is 20.3 Å². The Morgan fingerprint density at radius 3 is 2.89 bits per heavy atom. The molecular weight excluding hydrogens is 242 g/mol. The Balaban J connectivity index is 0.000000388. The van der Waals surface area contributed by atoms with Crippen LogP contribution >= 0.6 is 0 Å². The van der Waals surface area contributed by atoms with E-state index < -0.39 is 0 Å². The Morgan fingerprint density at radius 1 is 1.16 bits per heavy atom. The molecule has 6 heteroatoms. The number of aromatic nitrogens is 5. The van der Waals surface area contributed by atoms with Crippen LogP contribution in [0.3, 0.4) is 0 Å². The maximum Gasteiger partial charge on any atom is 0.241 e. The van der Waals surface area contributed by atoms with E-state index in [0.717, 1.165) is 16.1 Å². The van der Waals surface area contributed by atoms with Gasteiger partial charge < -0.3 is 0 Å². The van der Waals surface area contributed by atoms with Gasteiger partial charge in [0.1, 0.15) is 5.52 Å². The predicted octanol–water partition coefficient (Wildman–Crippen LogP) is 0.977. The van der Waals surface area contributed by atoms with Crippen LogP contribution in [-0.2, 0) is 0 Å². The Labute approximate surface area is 109 Å². The summed E-state index contributed by atoms with van der Waals surface area (Å²) in [4.78, 5) is 13.3. The van der Waals surface area contributed by atoms with Crippen molar-refractivity contribution in [3.8, 4) is 0 Å².